The van der Waals surface area contributed by atoms with Gasteiger partial charge in [-0.3, -0.25) is 14.5 Å². The average molecular weight is 408 g/mol. The molecule has 0 radical (unpaired) electrons. The summed E-state index contributed by atoms with van der Waals surface area (Å²) >= 11 is 0. The lowest BCUT2D eigenvalue weighted by atomic mass is 9.93. The van der Waals surface area contributed by atoms with Gasteiger partial charge in [0.2, 0.25) is 5.75 Å². The summed E-state index contributed by atoms with van der Waals surface area (Å²) in [5.74, 6) is 0.493. The number of carbonyl (C=O) groups is 2. The molecule has 0 atom stereocenters. The van der Waals surface area contributed by atoms with E-state index in [4.69, 9.17) is 18.6 Å². The van der Waals surface area contributed by atoms with Crippen LogP contribution in [0.5, 0.6) is 17.2 Å². The van der Waals surface area contributed by atoms with E-state index in [0.29, 0.717) is 34.1 Å². The third-order valence-electron chi connectivity index (χ3n) is 4.72. The maximum atomic E-state index is 13.1. The number of benzene rings is 1. The van der Waals surface area contributed by atoms with Gasteiger partial charge in [-0.15, -0.1) is 0 Å². The summed E-state index contributed by atoms with van der Waals surface area (Å²) in [6.07, 6.45) is 3.04. The Morgan fingerprint density at radius 3 is 2.27 bits per heavy atom. The SMILES string of the molecule is COc1cc(/C=C2/C(=O)N(Cc3ccco3)C(=O)C(C#N)=C2C)cc(OC)c1OC. The third kappa shape index (κ3) is 3.65. The maximum Gasteiger partial charge on any atom is 0.272 e. The largest absolute Gasteiger partial charge is 0.493 e. The summed E-state index contributed by atoms with van der Waals surface area (Å²) in [7, 11) is 4.47. The lowest BCUT2D eigenvalue weighted by molar-refractivity contribution is -0.141. The number of methoxy groups -OCH3 is 3. The van der Waals surface area contributed by atoms with Gasteiger partial charge in [0, 0.05) is 5.57 Å². The number of imide groups is 1. The maximum absolute atomic E-state index is 13.1. The molecule has 0 spiro atoms. The number of hydrogen-bond donors (Lipinski definition) is 0. The molecule has 2 amide bonds. The summed E-state index contributed by atoms with van der Waals surface area (Å²) in [4.78, 5) is 26.8. The molecule has 0 saturated carbocycles. The van der Waals surface area contributed by atoms with Gasteiger partial charge in [0.05, 0.1) is 34.1 Å². The summed E-state index contributed by atoms with van der Waals surface area (Å²) in [5.41, 5.74) is 1.00. The van der Waals surface area contributed by atoms with Gasteiger partial charge in [0.15, 0.2) is 11.5 Å². The zero-order chi connectivity index (χ0) is 21.8. The van der Waals surface area contributed by atoms with Crippen LogP contribution in [0.25, 0.3) is 6.08 Å². The molecule has 0 bridgehead atoms. The van der Waals surface area contributed by atoms with Crippen molar-refractivity contribution in [2.45, 2.75) is 13.5 Å². The van der Waals surface area contributed by atoms with Crippen LogP contribution in [0.1, 0.15) is 18.2 Å². The Hall–Kier alpha value is -3.99. The Bertz CT molecular complexity index is 1060. The Morgan fingerprint density at radius 2 is 1.77 bits per heavy atom. The van der Waals surface area contributed by atoms with Crippen LogP contribution in [-0.2, 0) is 16.1 Å². The molecule has 1 aliphatic rings. The van der Waals surface area contributed by atoms with Crippen molar-refractivity contribution in [1.29, 1.82) is 5.26 Å². The molecule has 8 nitrogen and oxygen atoms in total. The van der Waals surface area contributed by atoms with Crippen molar-refractivity contribution in [1.82, 2.24) is 4.90 Å². The summed E-state index contributed by atoms with van der Waals surface area (Å²) in [6, 6.07) is 8.57. The molecule has 1 aliphatic heterocycles. The van der Waals surface area contributed by atoms with E-state index in [2.05, 4.69) is 0 Å². The second-order valence-electron chi connectivity index (χ2n) is 6.40. The molecule has 0 unspecified atom stereocenters. The van der Waals surface area contributed by atoms with E-state index in [9.17, 15) is 14.9 Å². The number of hydrogen-bond acceptors (Lipinski definition) is 7. The fourth-order valence-corrected chi connectivity index (χ4v) is 3.18. The molecule has 2 aromatic rings. The number of nitriles is 1. The minimum Gasteiger partial charge on any atom is -0.493 e. The molecule has 0 aliphatic carbocycles. The van der Waals surface area contributed by atoms with Gasteiger partial charge in [0.25, 0.3) is 11.8 Å². The van der Waals surface area contributed by atoms with Crippen molar-refractivity contribution in [2.75, 3.05) is 21.3 Å². The van der Waals surface area contributed by atoms with Crippen LogP contribution in [0.4, 0.5) is 0 Å². The Kier molecular flexibility index (Phi) is 5.93. The molecule has 154 valence electrons. The Balaban J connectivity index is 2.12. The fourth-order valence-electron chi connectivity index (χ4n) is 3.18. The molecule has 0 N–H and O–H groups in total. The first-order valence-electron chi connectivity index (χ1n) is 8.96. The minimum absolute atomic E-state index is 0.0737. The van der Waals surface area contributed by atoms with Crippen molar-refractivity contribution >= 4 is 17.9 Å². The first kappa shape index (κ1) is 20.7. The van der Waals surface area contributed by atoms with E-state index < -0.39 is 11.8 Å². The van der Waals surface area contributed by atoms with Crippen LogP contribution in [-0.4, -0.2) is 38.0 Å². The van der Waals surface area contributed by atoms with Crippen molar-refractivity contribution in [3.05, 3.63) is 58.6 Å². The van der Waals surface area contributed by atoms with Crippen LogP contribution < -0.4 is 14.2 Å². The zero-order valence-corrected chi connectivity index (χ0v) is 17.0. The lowest BCUT2D eigenvalue weighted by Gasteiger charge is -2.26. The molecule has 1 aromatic carbocycles. The van der Waals surface area contributed by atoms with Gasteiger partial charge < -0.3 is 18.6 Å². The molecular formula is C22H20N2O6. The van der Waals surface area contributed by atoms with Crippen LogP contribution in [0.15, 0.2) is 51.7 Å². The van der Waals surface area contributed by atoms with Crippen LogP contribution in [0.3, 0.4) is 0 Å². The molecule has 3 rings (SSSR count). The predicted octanol–water partition coefficient (Wildman–Crippen LogP) is 3.10. The van der Waals surface area contributed by atoms with Crippen molar-refractivity contribution in [2.24, 2.45) is 0 Å². The van der Waals surface area contributed by atoms with Crippen molar-refractivity contribution < 1.29 is 28.2 Å². The Morgan fingerprint density at radius 1 is 1.10 bits per heavy atom. The minimum atomic E-state index is -0.654. The highest BCUT2D eigenvalue weighted by Crippen LogP contribution is 2.39. The van der Waals surface area contributed by atoms with E-state index in [1.807, 2.05) is 6.07 Å². The number of rotatable bonds is 6. The highest BCUT2D eigenvalue weighted by atomic mass is 16.5. The van der Waals surface area contributed by atoms with Crippen LogP contribution in [0, 0.1) is 11.3 Å². The molecular weight excluding hydrogens is 388 g/mol. The second-order valence-corrected chi connectivity index (χ2v) is 6.40. The van der Waals surface area contributed by atoms with Gasteiger partial charge in [-0.1, -0.05) is 0 Å². The number of nitrogens with zero attached hydrogens (tertiary/aromatic N) is 2. The molecule has 30 heavy (non-hydrogen) atoms. The zero-order valence-electron chi connectivity index (χ0n) is 17.0. The number of amides is 2. The first-order chi connectivity index (χ1) is 14.4. The quantitative estimate of drug-likeness (QED) is 0.535. The van der Waals surface area contributed by atoms with Crippen molar-refractivity contribution in [3.63, 3.8) is 0 Å². The van der Waals surface area contributed by atoms with E-state index in [1.165, 1.54) is 27.6 Å². The molecule has 1 aromatic heterocycles. The molecule has 2 heterocycles. The van der Waals surface area contributed by atoms with E-state index >= 15 is 0 Å². The molecule has 0 saturated heterocycles. The number of carbonyl (C=O) groups excluding carboxylic acids is 2. The van der Waals surface area contributed by atoms with Crippen LogP contribution >= 0.6 is 0 Å². The van der Waals surface area contributed by atoms with Crippen LogP contribution in [0.2, 0.25) is 0 Å². The van der Waals surface area contributed by atoms with Gasteiger partial charge in [0.1, 0.15) is 17.4 Å². The molecule has 0 fully saturated rings. The van der Waals surface area contributed by atoms with Gasteiger partial charge in [-0.05, 0) is 48.4 Å². The van der Waals surface area contributed by atoms with Gasteiger partial charge in [-0.2, -0.15) is 5.26 Å². The Labute approximate surface area is 173 Å². The topological polar surface area (TPSA) is 102 Å². The third-order valence-corrected chi connectivity index (χ3v) is 4.72. The predicted molar refractivity (Wildman–Crippen MR) is 107 cm³/mol. The smallest absolute Gasteiger partial charge is 0.272 e. The van der Waals surface area contributed by atoms with Crippen molar-refractivity contribution in [3.8, 4) is 23.3 Å². The van der Waals surface area contributed by atoms with E-state index in [1.54, 1.807) is 37.3 Å². The number of furan rings is 1. The summed E-state index contributed by atoms with van der Waals surface area (Å²) in [5, 5.41) is 9.50. The highest BCUT2D eigenvalue weighted by Gasteiger charge is 2.36. The number of ether oxygens (including phenoxy) is 3. The van der Waals surface area contributed by atoms with Gasteiger partial charge >= 0.3 is 0 Å². The summed E-state index contributed by atoms with van der Waals surface area (Å²) in [6.45, 7) is 1.50. The molecule has 8 heteroatoms. The standard InChI is InChI=1S/C22H20N2O6/c1-13-16(8-14-9-18(27-2)20(29-4)19(10-14)28-3)21(25)24(22(26)17(13)11-23)12-15-6-5-7-30-15/h5-10H,12H2,1-4H3/b16-8+. The average Bonchev–Trinajstić information content (AvgIpc) is 3.27. The fraction of sp³-hybridized carbons (Fsp3) is 0.227. The van der Waals surface area contributed by atoms with E-state index in [-0.39, 0.29) is 17.7 Å². The normalized spacial score (nSPS) is 15.4. The lowest BCUT2D eigenvalue weighted by Crippen LogP contribution is -2.42. The highest BCUT2D eigenvalue weighted by molar-refractivity contribution is 6.19. The first-order valence-corrected chi connectivity index (χ1v) is 8.96. The summed E-state index contributed by atoms with van der Waals surface area (Å²) < 4.78 is 21.3. The van der Waals surface area contributed by atoms with E-state index in [0.717, 1.165) is 4.90 Å². The van der Waals surface area contributed by atoms with Gasteiger partial charge in [-0.25, -0.2) is 0 Å². The monoisotopic (exact) mass is 408 g/mol. The second kappa shape index (κ2) is 8.57.